The number of halogens is 1. The molecule has 2 rings (SSSR count). The van der Waals surface area contributed by atoms with E-state index in [1.807, 2.05) is 25.1 Å². The molecule has 1 saturated heterocycles. The molecule has 1 heterocycles. The van der Waals surface area contributed by atoms with Crippen molar-refractivity contribution in [2.75, 3.05) is 19.7 Å². The zero-order valence-corrected chi connectivity index (χ0v) is 14.0. The Balaban J connectivity index is 2.10. The van der Waals surface area contributed by atoms with Crippen LogP contribution in [0, 0.1) is 12.8 Å². The van der Waals surface area contributed by atoms with E-state index in [1.54, 1.807) is 11.8 Å². The van der Waals surface area contributed by atoms with Crippen LogP contribution in [-0.4, -0.2) is 36.5 Å². The van der Waals surface area contributed by atoms with Crippen LogP contribution in [0.25, 0.3) is 0 Å². The summed E-state index contributed by atoms with van der Waals surface area (Å²) >= 11 is 3.44. The highest BCUT2D eigenvalue weighted by atomic mass is 79.9. The van der Waals surface area contributed by atoms with Crippen molar-refractivity contribution in [2.45, 2.75) is 26.7 Å². The Labute approximate surface area is 133 Å². The summed E-state index contributed by atoms with van der Waals surface area (Å²) in [6.45, 7) is 5.30. The predicted octanol–water partition coefficient (Wildman–Crippen LogP) is 3.17. The number of esters is 1. The summed E-state index contributed by atoms with van der Waals surface area (Å²) in [5, 5.41) is 0. The maximum Gasteiger partial charge on any atom is 0.310 e. The Morgan fingerprint density at radius 3 is 2.86 bits per heavy atom. The first-order valence-corrected chi connectivity index (χ1v) is 8.04. The summed E-state index contributed by atoms with van der Waals surface area (Å²) in [7, 11) is 0. The summed E-state index contributed by atoms with van der Waals surface area (Å²) in [5.74, 6) is -0.430. The number of likely N-dealkylation sites (tertiary alicyclic amines) is 1. The summed E-state index contributed by atoms with van der Waals surface area (Å²) in [6, 6.07) is 5.68. The molecular formula is C16H20BrNO3. The van der Waals surface area contributed by atoms with Crippen LogP contribution in [0.2, 0.25) is 0 Å². The third-order valence-electron chi connectivity index (χ3n) is 3.68. The van der Waals surface area contributed by atoms with E-state index < -0.39 is 0 Å². The molecular weight excluding hydrogens is 334 g/mol. The minimum Gasteiger partial charge on any atom is -0.466 e. The van der Waals surface area contributed by atoms with Crippen LogP contribution in [0.15, 0.2) is 22.7 Å². The maximum atomic E-state index is 12.6. The Bertz CT molecular complexity index is 544. The van der Waals surface area contributed by atoms with Crippen LogP contribution in [-0.2, 0) is 9.53 Å². The molecule has 1 amide bonds. The molecule has 0 N–H and O–H groups in total. The molecule has 0 unspecified atom stereocenters. The average molecular weight is 354 g/mol. The predicted molar refractivity (Wildman–Crippen MR) is 84.1 cm³/mol. The van der Waals surface area contributed by atoms with E-state index in [4.69, 9.17) is 4.74 Å². The first kappa shape index (κ1) is 16.0. The first-order chi connectivity index (χ1) is 10.0. The minimum atomic E-state index is -0.202. The molecule has 0 radical (unpaired) electrons. The molecule has 0 spiro atoms. The van der Waals surface area contributed by atoms with Crippen LogP contribution in [0.5, 0.6) is 0 Å². The fourth-order valence-corrected chi connectivity index (χ4v) is 3.24. The van der Waals surface area contributed by atoms with Crippen LogP contribution in [0.3, 0.4) is 0 Å². The van der Waals surface area contributed by atoms with E-state index in [-0.39, 0.29) is 17.8 Å². The average Bonchev–Trinajstić information content (AvgIpc) is 2.47. The molecule has 0 aromatic heterocycles. The lowest BCUT2D eigenvalue weighted by Gasteiger charge is -2.31. The van der Waals surface area contributed by atoms with Crippen LogP contribution < -0.4 is 0 Å². The van der Waals surface area contributed by atoms with Gasteiger partial charge < -0.3 is 9.64 Å². The largest absolute Gasteiger partial charge is 0.466 e. The van der Waals surface area contributed by atoms with Gasteiger partial charge in [0.2, 0.25) is 0 Å². The quantitative estimate of drug-likeness (QED) is 0.784. The standard InChI is InChI=1S/C16H20BrNO3/c1-3-21-16(20)12-5-4-8-18(10-12)15(19)13-7-6-11(2)9-14(13)17/h6-7,9,12H,3-5,8,10H2,1-2H3/t12-/m1/s1. The van der Waals surface area contributed by atoms with Crippen LogP contribution in [0.4, 0.5) is 0 Å². The lowest BCUT2D eigenvalue weighted by atomic mass is 9.97. The zero-order valence-electron chi connectivity index (χ0n) is 12.4. The van der Waals surface area contributed by atoms with Crippen LogP contribution in [0.1, 0.15) is 35.7 Å². The zero-order chi connectivity index (χ0) is 15.4. The molecule has 0 saturated carbocycles. The molecule has 4 nitrogen and oxygen atoms in total. The van der Waals surface area contributed by atoms with Gasteiger partial charge >= 0.3 is 5.97 Å². The SMILES string of the molecule is CCOC(=O)[C@@H]1CCCN(C(=O)c2ccc(C)cc2Br)C1. The van der Waals surface area contributed by atoms with Gasteiger partial charge in [0.1, 0.15) is 0 Å². The number of hydrogen-bond acceptors (Lipinski definition) is 3. The smallest absolute Gasteiger partial charge is 0.310 e. The molecule has 1 fully saturated rings. The number of rotatable bonds is 3. The summed E-state index contributed by atoms with van der Waals surface area (Å²) in [5.41, 5.74) is 1.74. The van der Waals surface area contributed by atoms with Gasteiger partial charge in [-0.1, -0.05) is 6.07 Å². The molecule has 5 heteroatoms. The lowest BCUT2D eigenvalue weighted by molar-refractivity contribution is -0.149. The molecule has 1 atom stereocenters. The van der Waals surface area contributed by atoms with E-state index in [0.29, 0.717) is 25.3 Å². The molecule has 0 bridgehead atoms. The summed E-state index contributed by atoms with van der Waals surface area (Å²) in [6.07, 6.45) is 1.62. The van der Waals surface area contributed by atoms with Gasteiger partial charge in [0, 0.05) is 17.6 Å². The molecule has 1 aromatic rings. The molecule has 1 aliphatic heterocycles. The second-order valence-electron chi connectivity index (χ2n) is 5.33. The van der Waals surface area contributed by atoms with Gasteiger partial charge in [-0.2, -0.15) is 0 Å². The molecule has 1 aromatic carbocycles. The summed E-state index contributed by atoms with van der Waals surface area (Å²) < 4.78 is 5.87. The number of amides is 1. The van der Waals surface area contributed by atoms with E-state index in [2.05, 4.69) is 15.9 Å². The van der Waals surface area contributed by atoms with Crippen molar-refractivity contribution in [3.8, 4) is 0 Å². The molecule has 0 aliphatic carbocycles. The highest BCUT2D eigenvalue weighted by Gasteiger charge is 2.30. The van der Waals surface area contributed by atoms with Gasteiger partial charge in [0.25, 0.3) is 5.91 Å². The number of ether oxygens (including phenoxy) is 1. The van der Waals surface area contributed by atoms with Crippen molar-refractivity contribution in [2.24, 2.45) is 5.92 Å². The van der Waals surface area contributed by atoms with Gasteiger partial charge in [-0.15, -0.1) is 0 Å². The van der Waals surface area contributed by atoms with Crippen molar-refractivity contribution in [3.05, 3.63) is 33.8 Å². The van der Waals surface area contributed by atoms with Gasteiger partial charge in [0.05, 0.1) is 18.1 Å². The van der Waals surface area contributed by atoms with Crippen molar-refractivity contribution in [3.63, 3.8) is 0 Å². The van der Waals surface area contributed by atoms with E-state index in [0.717, 1.165) is 22.9 Å². The molecule has 21 heavy (non-hydrogen) atoms. The van der Waals surface area contributed by atoms with Gasteiger partial charge in [-0.3, -0.25) is 9.59 Å². The number of nitrogens with zero attached hydrogens (tertiary/aromatic N) is 1. The first-order valence-electron chi connectivity index (χ1n) is 7.25. The van der Waals surface area contributed by atoms with Crippen molar-refractivity contribution >= 4 is 27.8 Å². The van der Waals surface area contributed by atoms with E-state index in [1.165, 1.54) is 0 Å². The van der Waals surface area contributed by atoms with E-state index >= 15 is 0 Å². The highest BCUT2D eigenvalue weighted by Crippen LogP contribution is 2.24. The van der Waals surface area contributed by atoms with Crippen molar-refractivity contribution in [1.29, 1.82) is 0 Å². The Morgan fingerprint density at radius 1 is 1.43 bits per heavy atom. The Kier molecular flexibility index (Phi) is 5.39. The number of aryl methyl sites for hydroxylation is 1. The van der Waals surface area contributed by atoms with Crippen LogP contribution >= 0.6 is 15.9 Å². The topological polar surface area (TPSA) is 46.6 Å². The fraction of sp³-hybridized carbons (Fsp3) is 0.500. The van der Waals surface area contributed by atoms with Gasteiger partial charge in [-0.05, 0) is 60.3 Å². The van der Waals surface area contributed by atoms with Gasteiger partial charge in [-0.25, -0.2) is 0 Å². The molecule has 114 valence electrons. The number of benzene rings is 1. The highest BCUT2D eigenvalue weighted by molar-refractivity contribution is 9.10. The monoisotopic (exact) mass is 353 g/mol. The normalized spacial score (nSPS) is 18.4. The molecule has 1 aliphatic rings. The van der Waals surface area contributed by atoms with Gasteiger partial charge in [0.15, 0.2) is 0 Å². The fourth-order valence-electron chi connectivity index (χ4n) is 2.58. The Hall–Kier alpha value is -1.36. The number of hydrogen-bond donors (Lipinski definition) is 0. The summed E-state index contributed by atoms with van der Waals surface area (Å²) in [4.78, 5) is 26.2. The third kappa shape index (κ3) is 3.84. The third-order valence-corrected chi connectivity index (χ3v) is 4.34. The second kappa shape index (κ2) is 7.07. The van der Waals surface area contributed by atoms with E-state index in [9.17, 15) is 9.59 Å². The number of carbonyl (C=O) groups is 2. The number of piperidine rings is 1. The van der Waals surface area contributed by atoms with Crippen molar-refractivity contribution in [1.82, 2.24) is 4.90 Å². The Morgan fingerprint density at radius 2 is 2.19 bits per heavy atom. The van der Waals surface area contributed by atoms with Crippen molar-refractivity contribution < 1.29 is 14.3 Å². The minimum absolute atomic E-state index is 0.0316. The maximum absolute atomic E-state index is 12.6. The lowest BCUT2D eigenvalue weighted by Crippen LogP contribution is -2.42. The second-order valence-corrected chi connectivity index (χ2v) is 6.18. The number of carbonyl (C=O) groups excluding carboxylic acids is 2.